The van der Waals surface area contributed by atoms with Gasteiger partial charge in [-0.1, -0.05) is 36.4 Å². The highest BCUT2D eigenvalue weighted by molar-refractivity contribution is 5.63. The largest absolute Gasteiger partial charge is 0.305 e. The van der Waals surface area contributed by atoms with Gasteiger partial charge in [0, 0.05) is 6.54 Å². The third-order valence-corrected chi connectivity index (χ3v) is 2.63. The topological polar surface area (TPSA) is 3.24 Å². The number of halogens is 1. The highest BCUT2D eigenvalue weighted by Gasteiger charge is 1.99. The van der Waals surface area contributed by atoms with Gasteiger partial charge < -0.3 is 4.90 Å². The third-order valence-electron chi connectivity index (χ3n) is 2.63. The van der Waals surface area contributed by atoms with Crippen molar-refractivity contribution in [3.8, 4) is 11.1 Å². The summed E-state index contributed by atoms with van der Waals surface area (Å²) in [5, 5.41) is 0. The summed E-state index contributed by atoms with van der Waals surface area (Å²) in [5.74, 6) is -0.196. The van der Waals surface area contributed by atoms with Crippen molar-refractivity contribution >= 4 is 0 Å². The molecule has 0 aromatic heterocycles. The number of benzene rings is 2. The van der Waals surface area contributed by atoms with Gasteiger partial charge in [0.15, 0.2) is 0 Å². The lowest BCUT2D eigenvalue weighted by atomic mass is 10.0. The molecule has 0 aliphatic rings. The van der Waals surface area contributed by atoms with Crippen molar-refractivity contribution in [1.82, 2.24) is 4.90 Å². The first-order valence-electron chi connectivity index (χ1n) is 5.65. The van der Waals surface area contributed by atoms with E-state index in [0.29, 0.717) is 0 Å². The van der Waals surface area contributed by atoms with Crippen molar-refractivity contribution in [3.05, 3.63) is 59.9 Å². The van der Waals surface area contributed by atoms with Crippen LogP contribution in [0.15, 0.2) is 48.5 Å². The maximum Gasteiger partial charge on any atom is 0.123 e. The van der Waals surface area contributed by atoms with Gasteiger partial charge in [0.25, 0.3) is 0 Å². The SMILES string of the molecule is CN(C)Cc1ccc(-c2ccc(F)cc2)cc1. The van der Waals surface area contributed by atoms with Gasteiger partial charge in [-0.2, -0.15) is 0 Å². The van der Waals surface area contributed by atoms with Gasteiger partial charge in [0.05, 0.1) is 0 Å². The smallest absolute Gasteiger partial charge is 0.123 e. The molecular weight excluding hydrogens is 213 g/mol. The molecule has 0 unspecified atom stereocenters. The van der Waals surface area contributed by atoms with Crippen LogP contribution >= 0.6 is 0 Å². The van der Waals surface area contributed by atoms with Crippen molar-refractivity contribution in [2.45, 2.75) is 6.54 Å². The molecule has 0 heterocycles. The zero-order chi connectivity index (χ0) is 12.3. The van der Waals surface area contributed by atoms with E-state index in [2.05, 4.69) is 29.2 Å². The monoisotopic (exact) mass is 229 g/mol. The molecule has 0 fully saturated rings. The van der Waals surface area contributed by atoms with Gasteiger partial charge in [-0.05, 0) is 42.9 Å². The molecule has 0 aliphatic carbocycles. The quantitative estimate of drug-likeness (QED) is 0.778. The van der Waals surface area contributed by atoms with Crippen LogP contribution in [0, 0.1) is 5.82 Å². The predicted molar refractivity (Wildman–Crippen MR) is 69.2 cm³/mol. The van der Waals surface area contributed by atoms with Gasteiger partial charge in [0.1, 0.15) is 5.82 Å². The Kier molecular flexibility index (Phi) is 3.55. The Balaban J connectivity index is 2.20. The summed E-state index contributed by atoms with van der Waals surface area (Å²) in [7, 11) is 4.10. The number of hydrogen-bond acceptors (Lipinski definition) is 1. The number of nitrogens with zero attached hydrogens (tertiary/aromatic N) is 1. The fourth-order valence-corrected chi connectivity index (χ4v) is 1.81. The molecule has 0 aliphatic heterocycles. The maximum atomic E-state index is 12.8. The van der Waals surface area contributed by atoms with Crippen LogP contribution in [-0.4, -0.2) is 19.0 Å². The van der Waals surface area contributed by atoms with Crippen molar-refractivity contribution in [1.29, 1.82) is 0 Å². The second-order valence-electron chi connectivity index (χ2n) is 4.44. The van der Waals surface area contributed by atoms with E-state index < -0.39 is 0 Å². The van der Waals surface area contributed by atoms with Gasteiger partial charge >= 0.3 is 0 Å². The molecule has 0 atom stereocenters. The third kappa shape index (κ3) is 3.14. The second-order valence-corrected chi connectivity index (χ2v) is 4.44. The molecule has 88 valence electrons. The molecule has 0 saturated carbocycles. The van der Waals surface area contributed by atoms with Crippen LogP contribution < -0.4 is 0 Å². The molecule has 17 heavy (non-hydrogen) atoms. The van der Waals surface area contributed by atoms with Crippen LogP contribution in [0.2, 0.25) is 0 Å². The van der Waals surface area contributed by atoms with E-state index in [4.69, 9.17) is 0 Å². The molecule has 0 saturated heterocycles. The molecule has 2 rings (SSSR count). The minimum atomic E-state index is -0.196. The summed E-state index contributed by atoms with van der Waals surface area (Å²) in [6.45, 7) is 0.934. The van der Waals surface area contributed by atoms with Gasteiger partial charge in [-0.25, -0.2) is 4.39 Å². The minimum Gasteiger partial charge on any atom is -0.305 e. The number of rotatable bonds is 3. The Morgan fingerprint density at radius 1 is 0.824 bits per heavy atom. The molecular formula is C15H16FN. The normalized spacial score (nSPS) is 10.8. The minimum absolute atomic E-state index is 0.196. The van der Waals surface area contributed by atoms with Crippen molar-refractivity contribution < 1.29 is 4.39 Å². The van der Waals surface area contributed by atoms with E-state index in [1.54, 1.807) is 12.1 Å². The van der Waals surface area contributed by atoms with E-state index in [9.17, 15) is 4.39 Å². The second kappa shape index (κ2) is 5.11. The van der Waals surface area contributed by atoms with Crippen molar-refractivity contribution in [3.63, 3.8) is 0 Å². The first-order chi connectivity index (χ1) is 8.15. The Bertz CT molecular complexity index is 471. The standard InChI is InChI=1S/C15H16FN/c1-17(2)11-12-3-5-13(6-4-12)14-7-9-15(16)10-8-14/h3-10H,11H2,1-2H3. The van der Waals surface area contributed by atoms with Crippen LogP contribution in [0.3, 0.4) is 0 Å². The highest BCUT2D eigenvalue weighted by atomic mass is 19.1. The summed E-state index contributed by atoms with van der Waals surface area (Å²) in [4.78, 5) is 2.13. The highest BCUT2D eigenvalue weighted by Crippen LogP contribution is 2.20. The lowest BCUT2D eigenvalue weighted by molar-refractivity contribution is 0.402. The lowest BCUT2D eigenvalue weighted by Crippen LogP contribution is -2.10. The lowest BCUT2D eigenvalue weighted by Gasteiger charge is -2.10. The summed E-state index contributed by atoms with van der Waals surface area (Å²) in [6.07, 6.45) is 0. The Labute approximate surface area is 102 Å². The van der Waals surface area contributed by atoms with Crippen LogP contribution in [0.4, 0.5) is 4.39 Å². The first kappa shape index (κ1) is 11.8. The summed E-state index contributed by atoms with van der Waals surface area (Å²) < 4.78 is 12.8. The van der Waals surface area contributed by atoms with Crippen LogP contribution in [0.25, 0.3) is 11.1 Å². The van der Waals surface area contributed by atoms with E-state index in [1.807, 2.05) is 14.1 Å². The molecule has 2 aromatic rings. The predicted octanol–water partition coefficient (Wildman–Crippen LogP) is 3.55. The molecule has 0 bridgehead atoms. The first-order valence-corrected chi connectivity index (χ1v) is 5.65. The Morgan fingerprint density at radius 3 is 1.76 bits per heavy atom. The molecule has 1 nitrogen and oxygen atoms in total. The fraction of sp³-hybridized carbons (Fsp3) is 0.200. The molecule has 0 radical (unpaired) electrons. The summed E-state index contributed by atoms with van der Waals surface area (Å²) >= 11 is 0. The van der Waals surface area contributed by atoms with Crippen LogP contribution in [0.5, 0.6) is 0 Å². The van der Waals surface area contributed by atoms with E-state index in [-0.39, 0.29) is 5.82 Å². The molecule has 0 N–H and O–H groups in total. The van der Waals surface area contributed by atoms with Gasteiger partial charge in [0.2, 0.25) is 0 Å². The average molecular weight is 229 g/mol. The van der Waals surface area contributed by atoms with Crippen molar-refractivity contribution in [2.24, 2.45) is 0 Å². The Hall–Kier alpha value is -1.67. The summed E-state index contributed by atoms with van der Waals surface area (Å²) in [6, 6.07) is 15.0. The summed E-state index contributed by atoms with van der Waals surface area (Å²) in [5.41, 5.74) is 3.44. The van der Waals surface area contributed by atoms with Crippen LogP contribution in [-0.2, 0) is 6.54 Å². The van der Waals surface area contributed by atoms with Crippen molar-refractivity contribution in [2.75, 3.05) is 14.1 Å². The van der Waals surface area contributed by atoms with Crippen LogP contribution in [0.1, 0.15) is 5.56 Å². The maximum absolute atomic E-state index is 12.8. The molecule has 2 heteroatoms. The fourth-order valence-electron chi connectivity index (χ4n) is 1.81. The van der Waals surface area contributed by atoms with Gasteiger partial charge in [-0.15, -0.1) is 0 Å². The van der Waals surface area contributed by atoms with E-state index in [0.717, 1.165) is 17.7 Å². The molecule has 2 aromatic carbocycles. The molecule has 0 amide bonds. The zero-order valence-electron chi connectivity index (χ0n) is 10.2. The Morgan fingerprint density at radius 2 is 1.29 bits per heavy atom. The van der Waals surface area contributed by atoms with Gasteiger partial charge in [-0.3, -0.25) is 0 Å². The molecule has 0 spiro atoms. The van der Waals surface area contributed by atoms with E-state index >= 15 is 0 Å². The average Bonchev–Trinajstić information content (AvgIpc) is 2.30. The van der Waals surface area contributed by atoms with E-state index in [1.165, 1.54) is 17.7 Å². The number of hydrogen-bond donors (Lipinski definition) is 0. The zero-order valence-corrected chi connectivity index (χ0v) is 10.2.